The lowest BCUT2D eigenvalue weighted by atomic mass is 10.0. The van der Waals surface area contributed by atoms with Crippen molar-refractivity contribution in [3.8, 4) is 67.5 Å². The first-order valence-corrected chi connectivity index (χ1v) is 28.7. The summed E-state index contributed by atoms with van der Waals surface area (Å²) in [6, 6.07) is 2.87. The number of carbonyl (C=O) groups is 4. The van der Waals surface area contributed by atoms with E-state index in [1.165, 1.54) is 27.7 Å². The molecule has 0 aliphatic carbocycles. The van der Waals surface area contributed by atoms with Crippen LogP contribution in [0.2, 0.25) is 0 Å². The molecule has 2 aliphatic heterocycles. The highest BCUT2D eigenvalue weighted by atomic mass is 19.2. The molecule has 4 aromatic carbocycles. The third kappa shape index (κ3) is 14.0. The van der Waals surface area contributed by atoms with Crippen LogP contribution in [0.5, 0.6) is 23.0 Å². The molecule has 0 fully saturated rings. The van der Waals surface area contributed by atoms with Gasteiger partial charge in [-0.3, -0.25) is 0 Å². The Hall–Kier alpha value is -11.6. The molecule has 7 aromatic rings. The number of rotatable bonds is 24. The maximum Gasteiger partial charge on any atom is 0.333 e. The summed E-state index contributed by atoms with van der Waals surface area (Å²) in [6.45, 7) is 11.2. The SMILES string of the molecule is C=C(C)C(=O)OCCOc1c(F)c(F)c(-c2c3nc(c(-c4c(F)c(F)c(OCCOC(=O)C(=C)C)c(F)c4F)c4ccc([nH]4)c(-c4c(F)c(F)c(OCCOC(=O)C(=C)C)c(F)c4F)c4nc(c(-c5c(F)c(F)c(OCCOC(=O)C(=C)C)c(F)c5F)c5ccc2[nH]5)C=C4)C=C3)c(F)c1F. The van der Waals surface area contributed by atoms with Gasteiger partial charge in [-0.15, -0.1) is 0 Å². The molecule has 16 nitrogen and oxygen atoms in total. The highest BCUT2D eigenvalue weighted by molar-refractivity contribution is 6.01. The summed E-state index contributed by atoms with van der Waals surface area (Å²) in [7, 11) is 0. The molecule has 0 saturated carbocycles. The van der Waals surface area contributed by atoms with Crippen molar-refractivity contribution in [3.63, 3.8) is 0 Å². The van der Waals surface area contributed by atoms with Gasteiger partial charge in [0.15, 0.2) is 69.5 Å². The van der Waals surface area contributed by atoms with E-state index in [0.717, 1.165) is 0 Å². The molecule has 0 spiro atoms. The molecule has 100 heavy (non-hydrogen) atoms. The minimum atomic E-state index is -2.36. The largest absolute Gasteiger partial charge is 0.484 e. The van der Waals surface area contributed by atoms with Gasteiger partial charge >= 0.3 is 23.9 Å². The van der Waals surface area contributed by atoms with Gasteiger partial charge in [0.05, 0.1) is 45.0 Å². The van der Waals surface area contributed by atoms with Crippen molar-refractivity contribution >= 4 is 70.2 Å². The van der Waals surface area contributed by atoms with Crippen molar-refractivity contribution in [1.82, 2.24) is 19.9 Å². The fourth-order valence-electron chi connectivity index (χ4n) is 9.69. The van der Waals surface area contributed by atoms with Crippen molar-refractivity contribution in [1.29, 1.82) is 0 Å². The smallest absolute Gasteiger partial charge is 0.333 e. The number of ether oxygens (including phenoxy) is 8. The zero-order valence-electron chi connectivity index (χ0n) is 51.9. The Labute approximate surface area is 552 Å². The quantitative estimate of drug-likeness (QED) is 0.0145. The predicted octanol–water partition coefficient (Wildman–Crippen LogP) is 15.5. The van der Waals surface area contributed by atoms with Crippen molar-refractivity contribution in [2.24, 2.45) is 0 Å². The maximum atomic E-state index is 17.1. The van der Waals surface area contributed by atoms with Crippen molar-refractivity contribution in [3.05, 3.63) is 189 Å². The molecule has 0 atom stereocenters. The third-order valence-electron chi connectivity index (χ3n) is 14.3. The Morgan fingerprint density at radius 3 is 0.620 bits per heavy atom. The van der Waals surface area contributed by atoms with Gasteiger partial charge < -0.3 is 47.9 Å². The van der Waals surface area contributed by atoms with Crippen LogP contribution in [0.1, 0.15) is 50.5 Å². The number of nitrogens with zero attached hydrogens (tertiary/aromatic N) is 2. The third-order valence-corrected chi connectivity index (χ3v) is 14.3. The molecule has 0 amide bonds. The lowest BCUT2D eigenvalue weighted by molar-refractivity contribution is -0.140. The zero-order valence-corrected chi connectivity index (χ0v) is 51.9. The first-order chi connectivity index (χ1) is 47.3. The van der Waals surface area contributed by atoms with Crippen LogP contribution < -0.4 is 18.9 Å². The fourth-order valence-corrected chi connectivity index (χ4v) is 9.69. The van der Waals surface area contributed by atoms with Crippen LogP contribution in [0.15, 0.2) is 72.9 Å². The Morgan fingerprint density at radius 2 is 0.460 bits per heavy atom. The molecule has 8 bridgehead atoms. The summed E-state index contributed by atoms with van der Waals surface area (Å²) < 4.78 is 307. The normalized spacial score (nSPS) is 11.6. The van der Waals surface area contributed by atoms with Gasteiger partial charge in [-0.05, 0) is 76.3 Å². The van der Waals surface area contributed by atoms with Crippen LogP contribution in [0.4, 0.5) is 70.2 Å². The van der Waals surface area contributed by atoms with Crippen LogP contribution in [0.25, 0.3) is 90.9 Å². The lowest BCUT2D eigenvalue weighted by Crippen LogP contribution is -2.14. The van der Waals surface area contributed by atoms with Crippen molar-refractivity contribution in [2.75, 3.05) is 52.9 Å². The molecule has 2 N–H and O–H groups in total. The van der Waals surface area contributed by atoms with Crippen LogP contribution in [0, 0.1) is 93.1 Å². The molecule has 0 radical (unpaired) electrons. The van der Waals surface area contributed by atoms with Gasteiger partial charge in [-0.2, -0.15) is 35.1 Å². The monoisotopic (exact) mass is 1410 g/mol. The number of benzene rings is 4. The van der Waals surface area contributed by atoms with Gasteiger partial charge in [0.2, 0.25) is 46.5 Å². The second-order valence-electron chi connectivity index (χ2n) is 21.4. The standard InChI is InChI=1S/C68H46F16N4O12/c1-25(2)65(89)97-21-17-93-61-53(77)45(69)41(46(70)54(61)78)37-29-9-11-31(85-29)38(42-47(71)55(79)62(56(80)48(42)72)94-18-22-98-66(90)26(3)4)33-13-15-35(87-33)40(44-51(75)59(83)64(60(84)52(44)76)96-20-24-100-68(92)28(7)8)36-16-14-34(88-36)39(32-12-10-30(37)86-32)43-49(73)57(81)63(58(82)50(43)74)95-19-23-99-67(91)27(5)6/h9-16,85,88H,1,3,5,7,17-24H2,2,4,6,8H3. The van der Waals surface area contributed by atoms with Crippen molar-refractivity contribution in [2.45, 2.75) is 27.7 Å². The minimum absolute atomic E-state index is 0.144. The van der Waals surface area contributed by atoms with Gasteiger partial charge in [-0.25, -0.2) is 64.3 Å². The summed E-state index contributed by atoms with van der Waals surface area (Å²) in [5, 5.41) is 0. The second-order valence-corrected chi connectivity index (χ2v) is 21.4. The number of fused-ring (bicyclic) bond motifs is 8. The van der Waals surface area contributed by atoms with E-state index >= 15 is 70.2 Å². The summed E-state index contributed by atoms with van der Waals surface area (Å²) in [6.07, 6.45) is 2.75. The van der Waals surface area contributed by atoms with E-state index in [-0.39, 0.29) is 22.3 Å². The van der Waals surface area contributed by atoms with Gasteiger partial charge in [0.1, 0.15) is 52.9 Å². The first-order valence-electron chi connectivity index (χ1n) is 28.7. The molecule has 5 heterocycles. The summed E-state index contributed by atoms with van der Waals surface area (Å²) in [4.78, 5) is 61.1. The van der Waals surface area contributed by atoms with E-state index in [1.807, 2.05) is 0 Å². The number of carbonyl (C=O) groups excluding carboxylic acids is 4. The second kappa shape index (κ2) is 29.6. The highest BCUT2D eigenvalue weighted by Gasteiger charge is 2.37. The summed E-state index contributed by atoms with van der Waals surface area (Å²) in [5.41, 5.74) is -20.0. The topological polar surface area (TPSA) is 199 Å². The van der Waals surface area contributed by atoms with E-state index in [2.05, 4.69) is 46.3 Å². The molecule has 522 valence electrons. The number of aromatic amines is 2. The molecular weight excluding hydrogens is 1370 g/mol. The summed E-state index contributed by atoms with van der Waals surface area (Å²) in [5.74, 6) is -48.7. The number of aromatic nitrogens is 4. The lowest BCUT2D eigenvalue weighted by Gasteiger charge is -2.15. The van der Waals surface area contributed by atoms with Crippen LogP contribution in [-0.4, -0.2) is 96.7 Å². The van der Waals surface area contributed by atoms with E-state index in [0.29, 0.717) is 48.6 Å². The molecule has 32 heteroatoms. The molecular formula is C68H46F16N4O12. The van der Waals surface area contributed by atoms with Crippen LogP contribution in [0.3, 0.4) is 0 Å². The highest BCUT2D eigenvalue weighted by Crippen LogP contribution is 2.47. The molecule has 9 rings (SSSR count). The van der Waals surface area contributed by atoms with Gasteiger partial charge in [-0.1, -0.05) is 26.3 Å². The van der Waals surface area contributed by atoms with E-state index < -0.39 is 282 Å². The number of nitrogens with one attached hydrogen (secondary N) is 2. The zero-order chi connectivity index (χ0) is 73.2. The maximum absolute atomic E-state index is 17.1. The van der Waals surface area contributed by atoms with E-state index in [9.17, 15) is 19.2 Å². The van der Waals surface area contributed by atoms with E-state index in [4.69, 9.17) is 37.9 Å². The number of H-pyrrole nitrogens is 2. The number of hydrogen-bond donors (Lipinski definition) is 2. The van der Waals surface area contributed by atoms with Gasteiger partial charge in [0.25, 0.3) is 0 Å². The number of esters is 4. The summed E-state index contributed by atoms with van der Waals surface area (Å²) >= 11 is 0. The molecule has 0 saturated heterocycles. The molecule has 2 aliphatic rings. The van der Waals surface area contributed by atoms with Gasteiger partial charge in [0, 0.05) is 66.6 Å². The average Bonchev–Trinajstić information content (AvgIpc) is 1.50. The minimum Gasteiger partial charge on any atom is -0.484 e. The Kier molecular flexibility index (Phi) is 21.5. The van der Waals surface area contributed by atoms with E-state index in [1.54, 1.807) is 0 Å². The van der Waals surface area contributed by atoms with Crippen LogP contribution in [-0.2, 0) is 38.1 Å². The number of halogens is 16. The average molecular weight is 1420 g/mol. The Balaban J connectivity index is 1.42. The molecule has 0 unspecified atom stereocenters. The van der Waals surface area contributed by atoms with Crippen LogP contribution >= 0.6 is 0 Å². The Bertz CT molecular complexity index is 4230. The molecule has 3 aromatic heterocycles. The number of hydrogen-bond acceptors (Lipinski definition) is 14. The first kappa shape index (κ1) is 72.7. The Morgan fingerprint density at radius 1 is 0.290 bits per heavy atom. The van der Waals surface area contributed by atoms with Crippen molar-refractivity contribution < 1.29 is 127 Å². The fraction of sp³-hybridized carbons (Fsp3) is 0.176. The predicted molar refractivity (Wildman–Crippen MR) is 325 cm³/mol.